The van der Waals surface area contributed by atoms with E-state index in [0.717, 1.165) is 24.6 Å². The smallest absolute Gasteiger partial charge is 0.0797 e. The SMILES string of the molecule is C1=CCC2N=c3c(ccc4ccccc34)=C(c3cccc(C4=c5ccc6cccc7ccc(c5c76)CC4)c3)C2=C1. The number of fused-ring (bicyclic) bond motifs is 4. The minimum absolute atomic E-state index is 0.164. The molecule has 0 amide bonds. The molecule has 0 bridgehead atoms. The van der Waals surface area contributed by atoms with E-state index in [0.29, 0.717) is 0 Å². The molecule has 1 heteroatoms. The van der Waals surface area contributed by atoms with Crippen molar-refractivity contribution >= 4 is 43.5 Å². The average Bonchev–Trinajstić information content (AvgIpc) is 3.02. The number of hydrogen-bond donors (Lipinski definition) is 0. The van der Waals surface area contributed by atoms with Gasteiger partial charge in [-0.1, -0.05) is 115 Å². The summed E-state index contributed by atoms with van der Waals surface area (Å²) in [7, 11) is 0. The van der Waals surface area contributed by atoms with Crippen LogP contribution in [0, 0.1) is 0 Å². The monoisotopic (exact) mass is 509 g/mol. The van der Waals surface area contributed by atoms with Crippen LogP contribution in [0.3, 0.4) is 0 Å². The van der Waals surface area contributed by atoms with Crippen molar-refractivity contribution in [3.8, 4) is 0 Å². The number of allylic oxidation sites excluding steroid dienone is 2. The largest absolute Gasteiger partial charge is 0.276 e. The lowest BCUT2D eigenvalue weighted by Crippen LogP contribution is -2.37. The van der Waals surface area contributed by atoms with E-state index >= 15 is 0 Å². The van der Waals surface area contributed by atoms with Crippen LogP contribution in [0.1, 0.15) is 29.5 Å². The van der Waals surface area contributed by atoms with Crippen LogP contribution >= 0.6 is 0 Å². The lowest BCUT2D eigenvalue weighted by molar-refractivity contribution is 0.764. The second-order valence-electron chi connectivity index (χ2n) is 11.3. The van der Waals surface area contributed by atoms with Crippen molar-refractivity contribution in [1.82, 2.24) is 0 Å². The summed E-state index contributed by atoms with van der Waals surface area (Å²) in [6.45, 7) is 0. The Balaban J connectivity index is 1.34. The summed E-state index contributed by atoms with van der Waals surface area (Å²) >= 11 is 0. The van der Waals surface area contributed by atoms with Crippen LogP contribution in [0.2, 0.25) is 0 Å². The van der Waals surface area contributed by atoms with Gasteiger partial charge in [-0.05, 0) is 90.9 Å². The number of nitrogens with zero attached hydrogens (tertiary/aromatic N) is 1. The Morgan fingerprint density at radius 1 is 0.625 bits per heavy atom. The van der Waals surface area contributed by atoms with Gasteiger partial charge in [-0.3, -0.25) is 4.99 Å². The van der Waals surface area contributed by atoms with E-state index < -0.39 is 0 Å². The van der Waals surface area contributed by atoms with Gasteiger partial charge >= 0.3 is 0 Å². The summed E-state index contributed by atoms with van der Waals surface area (Å²) in [5.74, 6) is 0. The Hall–Kier alpha value is -4.75. The first-order valence-electron chi connectivity index (χ1n) is 14.4. The molecule has 0 saturated carbocycles. The second kappa shape index (κ2) is 8.37. The van der Waals surface area contributed by atoms with E-state index in [1.165, 1.54) is 76.2 Å². The van der Waals surface area contributed by atoms with Gasteiger partial charge in [0.1, 0.15) is 0 Å². The number of rotatable bonds is 2. The Labute approximate surface area is 232 Å². The van der Waals surface area contributed by atoms with Crippen LogP contribution in [0.5, 0.6) is 0 Å². The third-order valence-electron chi connectivity index (χ3n) is 9.21. The molecule has 0 saturated heterocycles. The van der Waals surface area contributed by atoms with Gasteiger partial charge in [-0.2, -0.15) is 0 Å². The minimum atomic E-state index is 0.164. The molecule has 40 heavy (non-hydrogen) atoms. The topological polar surface area (TPSA) is 12.4 Å². The molecule has 0 N–H and O–H groups in total. The van der Waals surface area contributed by atoms with Gasteiger partial charge in [0, 0.05) is 10.6 Å². The van der Waals surface area contributed by atoms with Gasteiger partial charge in [0.05, 0.1) is 11.4 Å². The maximum absolute atomic E-state index is 5.31. The first-order valence-corrected chi connectivity index (χ1v) is 14.4. The Kier molecular flexibility index (Phi) is 4.63. The van der Waals surface area contributed by atoms with Crippen LogP contribution in [0.15, 0.2) is 132 Å². The minimum Gasteiger partial charge on any atom is -0.276 e. The molecule has 0 radical (unpaired) electrons. The number of aryl methyl sites for hydroxylation is 1. The first kappa shape index (κ1) is 22.1. The number of benzene rings is 6. The zero-order valence-electron chi connectivity index (χ0n) is 22.2. The van der Waals surface area contributed by atoms with Crippen LogP contribution < -0.4 is 15.8 Å². The van der Waals surface area contributed by atoms with Crippen molar-refractivity contribution < 1.29 is 0 Å². The Morgan fingerprint density at radius 3 is 2.35 bits per heavy atom. The van der Waals surface area contributed by atoms with Crippen LogP contribution in [-0.4, -0.2) is 6.04 Å². The van der Waals surface area contributed by atoms with Gasteiger partial charge in [-0.25, -0.2) is 0 Å². The van der Waals surface area contributed by atoms with Crippen LogP contribution in [0.4, 0.5) is 0 Å². The fourth-order valence-corrected chi connectivity index (χ4v) is 7.39. The fourth-order valence-electron chi connectivity index (χ4n) is 7.39. The molecular formula is C39H27N. The Bertz CT molecular complexity index is 2280. The summed E-state index contributed by atoms with van der Waals surface area (Å²) < 4.78 is 0. The van der Waals surface area contributed by atoms with Gasteiger partial charge in [0.15, 0.2) is 0 Å². The summed E-state index contributed by atoms with van der Waals surface area (Å²) in [4.78, 5) is 5.31. The molecular weight excluding hydrogens is 482 g/mol. The lowest BCUT2D eigenvalue weighted by atomic mass is 9.82. The molecule has 3 aliphatic rings. The molecule has 0 aromatic heterocycles. The molecule has 0 fully saturated rings. The molecule has 2 aliphatic carbocycles. The molecule has 1 atom stereocenters. The third kappa shape index (κ3) is 3.12. The third-order valence-corrected chi connectivity index (χ3v) is 9.21. The summed E-state index contributed by atoms with van der Waals surface area (Å²) in [5.41, 5.74) is 8.22. The zero-order valence-corrected chi connectivity index (χ0v) is 22.2. The van der Waals surface area contributed by atoms with E-state index in [9.17, 15) is 0 Å². The predicted molar refractivity (Wildman–Crippen MR) is 167 cm³/mol. The van der Waals surface area contributed by atoms with Crippen LogP contribution in [-0.2, 0) is 6.42 Å². The molecule has 9 rings (SSSR count). The fraction of sp³-hybridized carbons (Fsp3) is 0.103. The number of hydrogen-bond acceptors (Lipinski definition) is 1. The molecule has 6 aromatic carbocycles. The van der Waals surface area contributed by atoms with Crippen molar-refractivity contribution in [2.75, 3.05) is 0 Å². The van der Waals surface area contributed by atoms with Crippen LogP contribution in [0.25, 0.3) is 43.5 Å². The highest BCUT2D eigenvalue weighted by atomic mass is 14.8. The summed E-state index contributed by atoms with van der Waals surface area (Å²) in [6.07, 6.45) is 9.83. The lowest BCUT2D eigenvalue weighted by Gasteiger charge is -2.26. The highest BCUT2D eigenvalue weighted by Gasteiger charge is 2.25. The van der Waals surface area contributed by atoms with Gasteiger partial charge in [0.25, 0.3) is 0 Å². The molecule has 1 unspecified atom stereocenters. The van der Waals surface area contributed by atoms with Gasteiger partial charge in [-0.15, -0.1) is 0 Å². The predicted octanol–water partition coefficient (Wildman–Crippen LogP) is 7.10. The molecule has 6 aromatic rings. The standard InChI is InChI=1S/C39H27N/c1-2-12-31-24(7-1)17-22-34-37(33-13-3-4-14-35(33)40-39(31)34)29-11-6-10-28(23-29)30-20-18-27-16-15-25-8-5-9-26-19-21-32(30)38(27)36(25)26/h1-13,15-17,19,21-23,35H,14,18,20H2. The van der Waals surface area contributed by atoms with E-state index in [-0.39, 0.29) is 6.04 Å². The quantitative estimate of drug-likeness (QED) is 0.236. The average molecular weight is 510 g/mol. The first-order chi connectivity index (χ1) is 19.8. The van der Waals surface area contributed by atoms with E-state index in [4.69, 9.17) is 4.99 Å². The summed E-state index contributed by atoms with van der Waals surface area (Å²) in [6, 6.07) is 38.7. The van der Waals surface area contributed by atoms with Gasteiger partial charge < -0.3 is 0 Å². The van der Waals surface area contributed by atoms with E-state index in [2.05, 4.69) is 121 Å². The highest BCUT2D eigenvalue weighted by molar-refractivity contribution is 6.12. The zero-order chi connectivity index (χ0) is 26.2. The molecule has 1 nitrogen and oxygen atoms in total. The molecule has 1 heterocycles. The maximum atomic E-state index is 5.31. The molecule has 188 valence electrons. The van der Waals surface area contributed by atoms with E-state index in [1.807, 2.05) is 0 Å². The van der Waals surface area contributed by atoms with Crippen molar-refractivity contribution in [1.29, 1.82) is 0 Å². The van der Waals surface area contributed by atoms with Crippen molar-refractivity contribution in [3.63, 3.8) is 0 Å². The van der Waals surface area contributed by atoms with Crippen molar-refractivity contribution in [2.24, 2.45) is 4.99 Å². The van der Waals surface area contributed by atoms with Gasteiger partial charge in [0.2, 0.25) is 0 Å². The second-order valence-corrected chi connectivity index (χ2v) is 11.3. The molecule has 0 spiro atoms. The summed E-state index contributed by atoms with van der Waals surface area (Å²) in [5, 5.41) is 11.8. The van der Waals surface area contributed by atoms with E-state index in [1.54, 1.807) is 0 Å². The maximum Gasteiger partial charge on any atom is 0.0797 e. The normalized spacial score (nSPS) is 17.6. The van der Waals surface area contributed by atoms with Crippen molar-refractivity contribution in [3.05, 3.63) is 159 Å². The Morgan fingerprint density at radius 2 is 1.40 bits per heavy atom. The molecule has 1 aliphatic heterocycles. The van der Waals surface area contributed by atoms with Crippen molar-refractivity contribution in [2.45, 2.75) is 25.3 Å². The highest BCUT2D eigenvalue weighted by Crippen LogP contribution is 2.35.